The fourth-order valence-corrected chi connectivity index (χ4v) is 2.18. The average Bonchev–Trinajstić information content (AvgIpc) is 3.12. The van der Waals surface area contributed by atoms with Gasteiger partial charge >= 0.3 is 0 Å². The molecule has 3 aromatic rings. The molecule has 1 N–H and O–H groups in total. The lowest BCUT2D eigenvalue weighted by Crippen LogP contribution is -2.19. The number of rotatable bonds is 4. The zero-order chi connectivity index (χ0) is 15.7. The molecule has 0 aromatic carbocycles. The lowest BCUT2D eigenvalue weighted by Gasteiger charge is -2.01. The quantitative estimate of drug-likeness (QED) is 0.750. The molecule has 0 saturated heterocycles. The Morgan fingerprint density at radius 3 is 2.73 bits per heavy atom. The minimum atomic E-state index is -0.210. The number of nitrogens with zero attached hydrogens (tertiary/aromatic N) is 7. The summed E-state index contributed by atoms with van der Waals surface area (Å²) in [7, 11) is 3.55. The van der Waals surface area contributed by atoms with Gasteiger partial charge in [-0.15, -0.1) is 5.10 Å². The van der Waals surface area contributed by atoms with Gasteiger partial charge in [-0.3, -0.25) is 14.2 Å². The second-order valence-corrected chi connectivity index (χ2v) is 4.97. The van der Waals surface area contributed by atoms with Crippen molar-refractivity contribution in [3.63, 3.8) is 0 Å². The molecule has 0 unspecified atom stereocenters. The number of aryl methyl sites for hydroxylation is 3. The number of hydrogen-bond acceptors (Lipinski definition) is 5. The summed E-state index contributed by atoms with van der Waals surface area (Å²) in [5.74, 6) is 0.209. The molecule has 0 saturated carbocycles. The van der Waals surface area contributed by atoms with Crippen LogP contribution in [0.4, 0.5) is 5.82 Å². The van der Waals surface area contributed by atoms with Crippen LogP contribution < -0.4 is 5.32 Å². The molecular formula is C13H16N8O. The third-order valence-electron chi connectivity index (χ3n) is 3.10. The van der Waals surface area contributed by atoms with Crippen LogP contribution in [-0.2, 0) is 25.4 Å². The largest absolute Gasteiger partial charge is 0.306 e. The summed E-state index contributed by atoms with van der Waals surface area (Å²) in [6, 6.07) is 1.86. The predicted octanol–water partition coefficient (Wildman–Crippen LogP) is 0.359. The van der Waals surface area contributed by atoms with E-state index in [0.29, 0.717) is 5.82 Å². The van der Waals surface area contributed by atoms with Crippen LogP contribution >= 0.6 is 0 Å². The summed E-state index contributed by atoms with van der Waals surface area (Å²) in [4.78, 5) is 13.3. The lowest BCUT2D eigenvalue weighted by molar-refractivity contribution is -0.116. The summed E-state index contributed by atoms with van der Waals surface area (Å²) in [5, 5.41) is 19.2. The number of carbonyl (C=O) groups excluding carboxylic acids is 1. The summed E-state index contributed by atoms with van der Waals surface area (Å²) in [6.07, 6.45) is 5.16. The molecule has 9 heteroatoms. The highest BCUT2D eigenvalue weighted by Crippen LogP contribution is 2.19. The minimum Gasteiger partial charge on any atom is -0.306 e. The summed E-state index contributed by atoms with van der Waals surface area (Å²) >= 11 is 0. The van der Waals surface area contributed by atoms with E-state index in [4.69, 9.17) is 0 Å². The second-order valence-electron chi connectivity index (χ2n) is 4.97. The molecule has 0 aliphatic rings. The molecule has 114 valence electrons. The zero-order valence-electron chi connectivity index (χ0n) is 12.6. The summed E-state index contributed by atoms with van der Waals surface area (Å²) in [6.45, 7) is 2.03. The van der Waals surface area contributed by atoms with Crippen molar-refractivity contribution < 1.29 is 4.79 Å². The maximum Gasteiger partial charge on any atom is 0.247 e. The van der Waals surface area contributed by atoms with Gasteiger partial charge in [0.2, 0.25) is 5.91 Å². The molecule has 0 spiro atoms. The van der Waals surface area contributed by atoms with E-state index >= 15 is 0 Å². The first kappa shape index (κ1) is 14.0. The maximum atomic E-state index is 11.9. The fraction of sp³-hybridized carbons (Fsp3) is 0.308. The molecule has 1 amide bonds. The van der Waals surface area contributed by atoms with Crippen molar-refractivity contribution in [2.24, 2.45) is 14.1 Å². The first-order chi connectivity index (χ1) is 10.5. The number of nitrogens with one attached hydrogen (secondary N) is 1. The molecule has 3 heterocycles. The first-order valence-electron chi connectivity index (χ1n) is 6.71. The Kier molecular flexibility index (Phi) is 3.45. The highest BCUT2D eigenvalue weighted by molar-refractivity contribution is 5.89. The topological polar surface area (TPSA) is 95.5 Å². The van der Waals surface area contributed by atoms with E-state index in [1.165, 1.54) is 11.0 Å². The molecule has 0 atom stereocenters. The Hall–Kier alpha value is -2.97. The monoisotopic (exact) mass is 300 g/mol. The molecule has 3 aromatic heterocycles. The maximum absolute atomic E-state index is 11.9. The van der Waals surface area contributed by atoms with Gasteiger partial charge in [0, 0.05) is 32.1 Å². The number of anilines is 1. The number of aromatic nitrogens is 7. The van der Waals surface area contributed by atoms with E-state index in [0.717, 1.165) is 17.0 Å². The van der Waals surface area contributed by atoms with Crippen LogP contribution in [0.1, 0.15) is 5.69 Å². The third kappa shape index (κ3) is 2.87. The zero-order valence-corrected chi connectivity index (χ0v) is 12.6. The molecule has 0 fully saturated rings. The first-order valence-corrected chi connectivity index (χ1v) is 6.71. The van der Waals surface area contributed by atoms with Gasteiger partial charge in [-0.1, -0.05) is 0 Å². The number of amides is 1. The number of hydrogen-bond donors (Lipinski definition) is 1. The summed E-state index contributed by atoms with van der Waals surface area (Å²) < 4.78 is 3.32. The highest BCUT2D eigenvalue weighted by Gasteiger charge is 2.11. The van der Waals surface area contributed by atoms with Crippen molar-refractivity contribution in [2.45, 2.75) is 13.5 Å². The van der Waals surface area contributed by atoms with Gasteiger partial charge in [0.25, 0.3) is 0 Å². The van der Waals surface area contributed by atoms with Gasteiger partial charge in [0.1, 0.15) is 6.54 Å². The van der Waals surface area contributed by atoms with Gasteiger partial charge < -0.3 is 5.32 Å². The van der Waals surface area contributed by atoms with Gasteiger partial charge in [-0.25, -0.2) is 0 Å². The van der Waals surface area contributed by atoms with E-state index in [-0.39, 0.29) is 12.5 Å². The molecule has 9 nitrogen and oxygen atoms in total. The highest BCUT2D eigenvalue weighted by atomic mass is 16.2. The van der Waals surface area contributed by atoms with Crippen LogP contribution in [0.3, 0.4) is 0 Å². The van der Waals surface area contributed by atoms with Crippen LogP contribution in [-0.4, -0.2) is 40.5 Å². The van der Waals surface area contributed by atoms with Gasteiger partial charge in [0.05, 0.1) is 17.6 Å². The second kappa shape index (κ2) is 5.43. The fourth-order valence-electron chi connectivity index (χ4n) is 2.18. The predicted molar refractivity (Wildman–Crippen MR) is 78.8 cm³/mol. The minimum absolute atomic E-state index is 0.107. The Morgan fingerprint density at radius 2 is 2.09 bits per heavy atom. The van der Waals surface area contributed by atoms with Crippen molar-refractivity contribution in [3.05, 3.63) is 30.4 Å². The van der Waals surface area contributed by atoms with Crippen molar-refractivity contribution >= 4 is 11.7 Å². The molecule has 3 rings (SSSR count). The van der Waals surface area contributed by atoms with E-state index in [9.17, 15) is 4.79 Å². The van der Waals surface area contributed by atoms with Gasteiger partial charge in [-0.05, 0) is 13.0 Å². The van der Waals surface area contributed by atoms with E-state index in [2.05, 4.69) is 25.7 Å². The molecule has 0 bridgehead atoms. The Balaban J connectivity index is 1.69. The van der Waals surface area contributed by atoms with Crippen LogP contribution in [0.25, 0.3) is 11.3 Å². The van der Waals surface area contributed by atoms with Crippen molar-refractivity contribution in [2.75, 3.05) is 5.32 Å². The normalized spacial score (nSPS) is 10.9. The SMILES string of the molecule is Cc1nn(C)cc1-c1ccn(CC(=O)Nc2cnn(C)n2)n1. The molecule has 0 aliphatic carbocycles. The van der Waals surface area contributed by atoms with Crippen LogP contribution in [0.5, 0.6) is 0 Å². The molecule has 0 aliphatic heterocycles. The Bertz CT molecular complexity index is 812. The van der Waals surface area contributed by atoms with Crippen molar-refractivity contribution in [3.8, 4) is 11.3 Å². The summed E-state index contributed by atoms with van der Waals surface area (Å²) in [5.41, 5.74) is 2.64. The van der Waals surface area contributed by atoms with E-state index in [1.807, 2.05) is 26.2 Å². The average molecular weight is 300 g/mol. The van der Waals surface area contributed by atoms with E-state index in [1.54, 1.807) is 22.6 Å². The van der Waals surface area contributed by atoms with Crippen LogP contribution in [0, 0.1) is 6.92 Å². The van der Waals surface area contributed by atoms with Gasteiger partial charge in [-0.2, -0.15) is 20.1 Å². The van der Waals surface area contributed by atoms with Crippen LogP contribution in [0.2, 0.25) is 0 Å². The Labute approximate surface area is 126 Å². The lowest BCUT2D eigenvalue weighted by atomic mass is 10.2. The van der Waals surface area contributed by atoms with Crippen molar-refractivity contribution in [1.82, 2.24) is 34.6 Å². The number of carbonyl (C=O) groups is 1. The van der Waals surface area contributed by atoms with Gasteiger partial charge in [0.15, 0.2) is 5.82 Å². The molecular weight excluding hydrogens is 284 g/mol. The molecule has 22 heavy (non-hydrogen) atoms. The van der Waals surface area contributed by atoms with Crippen molar-refractivity contribution in [1.29, 1.82) is 0 Å². The molecule has 0 radical (unpaired) electrons. The standard InChI is InChI=1S/C13H16N8O/c1-9-10(7-19(2)16-9)11-4-5-21(17-11)8-13(22)15-12-6-14-20(3)18-12/h4-7H,8H2,1-3H3,(H,15,18,22). The Morgan fingerprint density at radius 1 is 1.27 bits per heavy atom. The third-order valence-corrected chi connectivity index (χ3v) is 3.10. The van der Waals surface area contributed by atoms with E-state index < -0.39 is 0 Å². The smallest absolute Gasteiger partial charge is 0.247 e. The van der Waals surface area contributed by atoms with Crippen LogP contribution in [0.15, 0.2) is 24.7 Å².